The second kappa shape index (κ2) is 6.71. The number of rotatable bonds is 4. The number of carbonyl (C=O) groups is 1. The zero-order valence-electron chi connectivity index (χ0n) is 11.4. The minimum atomic E-state index is -0.417. The van der Waals surface area contributed by atoms with Crippen LogP contribution in [0.5, 0.6) is 0 Å². The van der Waals surface area contributed by atoms with Gasteiger partial charge in [0.25, 0.3) is 0 Å². The molecular formula is C12H18ClN3O3S. The van der Waals surface area contributed by atoms with Gasteiger partial charge in [0.15, 0.2) is 5.13 Å². The molecule has 1 amide bonds. The maximum absolute atomic E-state index is 12.2. The Hall–Kier alpha value is -0.890. The van der Waals surface area contributed by atoms with Crippen molar-refractivity contribution < 1.29 is 14.6 Å². The van der Waals surface area contributed by atoms with Crippen molar-refractivity contribution in [3.05, 3.63) is 10.0 Å². The Morgan fingerprint density at radius 2 is 2.45 bits per heavy atom. The molecule has 1 atom stereocenters. The van der Waals surface area contributed by atoms with Crippen LogP contribution in [-0.4, -0.2) is 47.8 Å². The summed E-state index contributed by atoms with van der Waals surface area (Å²) in [6.45, 7) is 5.11. The van der Waals surface area contributed by atoms with E-state index in [2.05, 4.69) is 10.3 Å². The van der Waals surface area contributed by atoms with Crippen LogP contribution in [0.3, 0.4) is 0 Å². The van der Waals surface area contributed by atoms with Gasteiger partial charge < -0.3 is 20.1 Å². The minimum Gasteiger partial charge on any atom is -0.391 e. The molecule has 0 radical (unpaired) electrons. The van der Waals surface area contributed by atoms with Crippen molar-refractivity contribution in [1.82, 2.24) is 10.3 Å². The normalized spacial score (nSPS) is 19.4. The lowest BCUT2D eigenvalue weighted by atomic mass is 10.2. The molecule has 8 heteroatoms. The van der Waals surface area contributed by atoms with Gasteiger partial charge in [-0.2, -0.15) is 0 Å². The Kier molecular flexibility index (Phi) is 5.20. The van der Waals surface area contributed by atoms with E-state index < -0.39 is 6.04 Å². The molecular weight excluding hydrogens is 302 g/mol. The van der Waals surface area contributed by atoms with Crippen LogP contribution in [0.4, 0.5) is 5.13 Å². The molecule has 1 unspecified atom stereocenters. The largest absolute Gasteiger partial charge is 0.391 e. The maximum atomic E-state index is 12.2. The van der Waals surface area contributed by atoms with E-state index in [0.29, 0.717) is 34.9 Å². The SMILES string of the molecule is CC(C)NC(=O)C1COCCN1c1nc(Cl)c(CO)s1. The van der Waals surface area contributed by atoms with Crippen LogP contribution in [0.25, 0.3) is 0 Å². The number of thiazole rings is 1. The van der Waals surface area contributed by atoms with Crippen LogP contribution in [-0.2, 0) is 16.1 Å². The third kappa shape index (κ3) is 3.41. The standard InChI is InChI=1S/C12H18ClN3O3S/c1-7(2)14-11(18)8-6-19-4-3-16(8)12-15-10(13)9(5-17)20-12/h7-8,17H,3-6H2,1-2H3,(H,14,18). The molecule has 1 saturated heterocycles. The molecule has 0 aromatic carbocycles. The van der Waals surface area contributed by atoms with Crippen LogP contribution in [0.1, 0.15) is 18.7 Å². The number of ether oxygens (including phenoxy) is 1. The molecule has 0 spiro atoms. The number of morpholine rings is 1. The molecule has 2 N–H and O–H groups in total. The molecule has 0 saturated carbocycles. The summed E-state index contributed by atoms with van der Waals surface area (Å²) >= 11 is 7.26. The molecule has 20 heavy (non-hydrogen) atoms. The number of halogens is 1. The van der Waals surface area contributed by atoms with Gasteiger partial charge in [0.1, 0.15) is 11.2 Å². The molecule has 112 valence electrons. The van der Waals surface area contributed by atoms with Gasteiger partial charge in [-0.05, 0) is 13.8 Å². The number of anilines is 1. The topological polar surface area (TPSA) is 74.7 Å². The first-order valence-electron chi connectivity index (χ1n) is 6.43. The summed E-state index contributed by atoms with van der Waals surface area (Å²) < 4.78 is 5.39. The number of carbonyl (C=O) groups excluding carboxylic acids is 1. The van der Waals surface area contributed by atoms with Crippen molar-refractivity contribution in [3.8, 4) is 0 Å². The Morgan fingerprint density at radius 3 is 3.05 bits per heavy atom. The van der Waals surface area contributed by atoms with Crippen LogP contribution >= 0.6 is 22.9 Å². The fourth-order valence-corrected chi connectivity index (χ4v) is 3.17. The lowest BCUT2D eigenvalue weighted by Crippen LogP contribution is -2.55. The Labute approximate surface area is 126 Å². The summed E-state index contributed by atoms with van der Waals surface area (Å²) in [6.07, 6.45) is 0. The van der Waals surface area contributed by atoms with Gasteiger partial charge >= 0.3 is 0 Å². The van der Waals surface area contributed by atoms with Gasteiger partial charge in [-0.1, -0.05) is 22.9 Å². The van der Waals surface area contributed by atoms with Crippen molar-refractivity contribution in [3.63, 3.8) is 0 Å². The van der Waals surface area contributed by atoms with Crippen molar-refractivity contribution >= 4 is 34.0 Å². The summed E-state index contributed by atoms with van der Waals surface area (Å²) in [5, 5.41) is 13.0. The Morgan fingerprint density at radius 1 is 1.70 bits per heavy atom. The van der Waals surface area contributed by atoms with Crippen LogP contribution in [0, 0.1) is 0 Å². The molecule has 0 aliphatic carbocycles. The molecule has 1 aliphatic heterocycles. The van der Waals surface area contributed by atoms with Gasteiger partial charge in [0.05, 0.1) is 24.7 Å². The predicted molar refractivity (Wildman–Crippen MR) is 78.3 cm³/mol. The molecule has 2 rings (SSSR count). The third-order valence-electron chi connectivity index (χ3n) is 2.89. The minimum absolute atomic E-state index is 0.0687. The fraction of sp³-hybridized carbons (Fsp3) is 0.667. The zero-order chi connectivity index (χ0) is 14.7. The number of nitrogens with zero attached hydrogens (tertiary/aromatic N) is 2. The highest BCUT2D eigenvalue weighted by molar-refractivity contribution is 7.16. The molecule has 0 bridgehead atoms. The quantitative estimate of drug-likeness (QED) is 0.866. The van der Waals surface area contributed by atoms with Gasteiger partial charge in [-0.25, -0.2) is 4.98 Å². The van der Waals surface area contributed by atoms with Crippen molar-refractivity contribution in [2.45, 2.75) is 32.5 Å². The monoisotopic (exact) mass is 319 g/mol. The van der Waals surface area contributed by atoms with E-state index in [0.717, 1.165) is 0 Å². The van der Waals surface area contributed by atoms with E-state index in [1.165, 1.54) is 11.3 Å². The molecule has 2 heterocycles. The highest BCUT2D eigenvalue weighted by Gasteiger charge is 2.32. The number of aliphatic hydroxyl groups excluding tert-OH is 1. The lowest BCUT2D eigenvalue weighted by molar-refractivity contribution is -0.125. The molecule has 6 nitrogen and oxygen atoms in total. The summed E-state index contributed by atoms with van der Waals surface area (Å²) in [4.78, 5) is 18.9. The third-order valence-corrected chi connectivity index (χ3v) is 4.39. The van der Waals surface area contributed by atoms with E-state index >= 15 is 0 Å². The number of amides is 1. The first-order valence-corrected chi connectivity index (χ1v) is 7.63. The Bertz CT molecular complexity index is 481. The van der Waals surface area contributed by atoms with E-state index in [9.17, 15) is 9.90 Å². The molecule has 1 aliphatic rings. The fourth-order valence-electron chi connectivity index (χ4n) is 1.97. The van der Waals surface area contributed by atoms with E-state index in [4.69, 9.17) is 16.3 Å². The molecule has 1 aromatic heterocycles. The summed E-state index contributed by atoms with van der Waals surface area (Å²) in [5.74, 6) is -0.0865. The second-order valence-electron chi connectivity index (χ2n) is 4.82. The van der Waals surface area contributed by atoms with Crippen molar-refractivity contribution in [1.29, 1.82) is 0 Å². The van der Waals surface area contributed by atoms with Crippen LogP contribution in [0.15, 0.2) is 0 Å². The number of hydrogen-bond donors (Lipinski definition) is 2. The van der Waals surface area contributed by atoms with Gasteiger partial charge in [0, 0.05) is 12.6 Å². The number of hydrogen-bond acceptors (Lipinski definition) is 6. The summed E-state index contributed by atoms with van der Waals surface area (Å²) in [6, 6.07) is -0.348. The van der Waals surface area contributed by atoms with Crippen molar-refractivity contribution in [2.75, 3.05) is 24.7 Å². The number of aromatic nitrogens is 1. The van der Waals surface area contributed by atoms with Crippen LogP contribution < -0.4 is 10.2 Å². The van der Waals surface area contributed by atoms with Gasteiger partial charge in [-0.15, -0.1) is 0 Å². The number of nitrogens with one attached hydrogen (secondary N) is 1. The summed E-state index contributed by atoms with van der Waals surface area (Å²) in [7, 11) is 0. The van der Waals surface area contributed by atoms with E-state index in [1.807, 2.05) is 18.7 Å². The highest BCUT2D eigenvalue weighted by atomic mass is 35.5. The lowest BCUT2D eigenvalue weighted by Gasteiger charge is -2.34. The summed E-state index contributed by atoms with van der Waals surface area (Å²) in [5.41, 5.74) is 0. The van der Waals surface area contributed by atoms with Crippen LogP contribution in [0.2, 0.25) is 5.15 Å². The second-order valence-corrected chi connectivity index (χ2v) is 6.24. The van der Waals surface area contributed by atoms with E-state index in [-0.39, 0.29) is 18.6 Å². The maximum Gasteiger partial charge on any atom is 0.245 e. The van der Waals surface area contributed by atoms with E-state index in [1.54, 1.807) is 0 Å². The average Bonchev–Trinajstić information content (AvgIpc) is 2.79. The number of aliphatic hydroxyl groups is 1. The zero-order valence-corrected chi connectivity index (χ0v) is 13.0. The first-order chi connectivity index (χ1) is 9.52. The smallest absolute Gasteiger partial charge is 0.245 e. The van der Waals surface area contributed by atoms with Crippen molar-refractivity contribution in [2.24, 2.45) is 0 Å². The van der Waals surface area contributed by atoms with Gasteiger partial charge in [0.2, 0.25) is 5.91 Å². The Balaban J connectivity index is 2.19. The molecule has 1 aromatic rings. The highest BCUT2D eigenvalue weighted by Crippen LogP contribution is 2.31. The average molecular weight is 320 g/mol. The van der Waals surface area contributed by atoms with Gasteiger partial charge in [-0.3, -0.25) is 4.79 Å². The first kappa shape index (κ1) is 15.5. The molecule has 1 fully saturated rings. The predicted octanol–water partition coefficient (Wildman–Crippen LogP) is 1.02.